The number of likely N-dealkylation sites (tertiary alicyclic amines) is 1. The summed E-state index contributed by atoms with van der Waals surface area (Å²) in [5.74, 6) is 1.45. The molecule has 0 bridgehead atoms. The molecule has 1 heterocycles. The van der Waals surface area contributed by atoms with Crippen molar-refractivity contribution in [3.05, 3.63) is 46.7 Å². The molecule has 2 unspecified atom stereocenters. The molecule has 0 spiro atoms. The second kappa shape index (κ2) is 10.0. The average Bonchev–Trinajstić information content (AvgIpc) is 3.02. The van der Waals surface area contributed by atoms with E-state index in [1.54, 1.807) is 16.8 Å². The Balaban J connectivity index is 2.01. The van der Waals surface area contributed by atoms with Gasteiger partial charge in [-0.1, -0.05) is 58.4 Å². The lowest BCUT2D eigenvalue weighted by Gasteiger charge is -2.27. The molecule has 1 aromatic carbocycles. The molecule has 1 fully saturated rings. The van der Waals surface area contributed by atoms with Gasteiger partial charge in [-0.15, -0.1) is 0 Å². The van der Waals surface area contributed by atoms with Crippen molar-refractivity contribution in [3.8, 4) is 0 Å². The van der Waals surface area contributed by atoms with Crippen LogP contribution < -0.4 is 0 Å². The smallest absolute Gasteiger partial charge is 0.0200 e. The van der Waals surface area contributed by atoms with Crippen LogP contribution in [0, 0.1) is 12.8 Å². The molecule has 1 nitrogen and oxygen atoms in total. The third-order valence-corrected chi connectivity index (χ3v) is 5.78. The molecule has 1 heteroatoms. The Morgan fingerprint density at radius 1 is 1.20 bits per heavy atom. The maximum atomic E-state index is 2.65. The van der Waals surface area contributed by atoms with E-state index in [2.05, 4.69) is 63.8 Å². The van der Waals surface area contributed by atoms with Gasteiger partial charge in [-0.3, -0.25) is 0 Å². The minimum Gasteiger partial charge on any atom is -0.375 e. The summed E-state index contributed by atoms with van der Waals surface area (Å²) in [5, 5.41) is 0. The molecule has 1 aromatic rings. The van der Waals surface area contributed by atoms with Crippen molar-refractivity contribution in [1.29, 1.82) is 0 Å². The van der Waals surface area contributed by atoms with Crippen LogP contribution in [0.3, 0.4) is 0 Å². The van der Waals surface area contributed by atoms with Crippen molar-refractivity contribution in [2.45, 2.75) is 85.5 Å². The van der Waals surface area contributed by atoms with Crippen LogP contribution in [0.4, 0.5) is 0 Å². The van der Waals surface area contributed by atoms with Crippen LogP contribution in [-0.4, -0.2) is 18.0 Å². The van der Waals surface area contributed by atoms with Crippen LogP contribution in [0.5, 0.6) is 0 Å². The lowest BCUT2D eigenvalue weighted by Crippen LogP contribution is -2.25. The number of benzene rings is 1. The molecule has 2 rings (SSSR count). The maximum absolute atomic E-state index is 2.65. The molecule has 0 amide bonds. The van der Waals surface area contributed by atoms with Crippen LogP contribution >= 0.6 is 0 Å². The Kier molecular flexibility index (Phi) is 8.06. The fraction of sp³-hybridized carbons (Fsp3) is 0.667. The Labute approximate surface area is 156 Å². The Morgan fingerprint density at radius 2 is 2.00 bits per heavy atom. The molecule has 140 valence electrons. The van der Waals surface area contributed by atoms with Gasteiger partial charge in [0.15, 0.2) is 0 Å². The maximum Gasteiger partial charge on any atom is 0.0200 e. The Bertz CT molecular complexity index is 557. The largest absolute Gasteiger partial charge is 0.375 e. The molecule has 2 atom stereocenters. The predicted molar refractivity (Wildman–Crippen MR) is 111 cm³/mol. The summed E-state index contributed by atoms with van der Waals surface area (Å²) in [7, 11) is 0. The fourth-order valence-corrected chi connectivity index (χ4v) is 4.39. The van der Waals surface area contributed by atoms with Crippen LogP contribution in [0.15, 0.2) is 30.0 Å². The van der Waals surface area contributed by atoms with E-state index < -0.39 is 0 Å². The third-order valence-electron chi connectivity index (χ3n) is 5.78. The molecule has 1 aliphatic rings. The highest BCUT2D eigenvalue weighted by Crippen LogP contribution is 2.31. The number of rotatable bonds is 9. The van der Waals surface area contributed by atoms with Crippen molar-refractivity contribution in [3.63, 3.8) is 0 Å². The molecular weight excluding hydrogens is 302 g/mol. The monoisotopic (exact) mass is 341 g/mol. The molecule has 0 radical (unpaired) electrons. The summed E-state index contributed by atoms with van der Waals surface area (Å²) in [6.07, 6.45) is 11.2. The normalized spacial score (nSPS) is 18.8. The van der Waals surface area contributed by atoms with Gasteiger partial charge in [0, 0.05) is 18.8 Å². The molecule has 1 aliphatic heterocycles. The van der Waals surface area contributed by atoms with Crippen molar-refractivity contribution < 1.29 is 0 Å². The number of nitrogens with zero attached hydrogens (tertiary/aromatic N) is 1. The van der Waals surface area contributed by atoms with Gasteiger partial charge in [0.25, 0.3) is 0 Å². The van der Waals surface area contributed by atoms with Crippen LogP contribution in [0.2, 0.25) is 0 Å². The van der Waals surface area contributed by atoms with E-state index in [1.807, 2.05) is 0 Å². The highest BCUT2D eigenvalue weighted by molar-refractivity contribution is 5.33. The molecule has 0 saturated carbocycles. The van der Waals surface area contributed by atoms with E-state index in [0.717, 1.165) is 5.92 Å². The highest BCUT2D eigenvalue weighted by Gasteiger charge is 2.21. The summed E-state index contributed by atoms with van der Waals surface area (Å²) in [6, 6.07) is 7.22. The zero-order valence-electron chi connectivity index (χ0n) is 17.3. The van der Waals surface area contributed by atoms with Crippen LogP contribution in [-0.2, 0) is 6.42 Å². The average molecular weight is 342 g/mol. The lowest BCUT2D eigenvalue weighted by molar-refractivity contribution is 0.304. The fourth-order valence-electron chi connectivity index (χ4n) is 4.39. The SMILES string of the molecule is CC/C=C1/CCCN1CC(C)CC(CC)c1ccc(C)c(CCC)c1. The standard InChI is InChI=1S/C24H39N/c1-6-10-22-17-23(14-13-20(22)5)21(8-3)16-19(4)18-25-15-9-12-24(25)11-7-2/h11,13-14,17,19,21H,6-10,12,15-16,18H2,1-5H3/b24-11-. The van der Waals surface area contributed by atoms with E-state index in [4.69, 9.17) is 0 Å². The summed E-state index contributed by atoms with van der Waals surface area (Å²) >= 11 is 0. The zero-order valence-corrected chi connectivity index (χ0v) is 17.3. The summed E-state index contributed by atoms with van der Waals surface area (Å²) in [6.45, 7) is 14.1. The van der Waals surface area contributed by atoms with Gasteiger partial charge in [0.05, 0.1) is 0 Å². The Morgan fingerprint density at radius 3 is 2.68 bits per heavy atom. The van der Waals surface area contributed by atoms with Crippen LogP contribution in [0.25, 0.3) is 0 Å². The van der Waals surface area contributed by atoms with Gasteiger partial charge in [0.2, 0.25) is 0 Å². The van der Waals surface area contributed by atoms with Crippen LogP contribution in [0.1, 0.15) is 88.8 Å². The minimum absolute atomic E-state index is 0.701. The number of hydrogen-bond acceptors (Lipinski definition) is 1. The predicted octanol–water partition coefficient (Wildman–Crippen LogP) is 6.86. The third kappa shape index (κ3) is 5.62. The highest BCUT2D eigenvalue weighted by atomic mass is 15.2. The molecular formula is C24H39N. The quantitative estimate of drug-likeness (QED) is 0.474. The van der Waals surface area contributed by atoms with Crippen molar-refractivity contribution in [1.82, 2.24) is 4.90 Å². The summed E-state index contributed by atoms with van der Waals surface area (Å²) in [5.41, 5.74) is 6.18. The van der Waals surface area contributed by atoms with Crippen molar-refractivity contribution in [2.24, 2.45) is 5.92 Å². The van der Waals surface area contributed by atoms with E-state index >= 15 is 0 Å². The molecule has 1 saturated heterocycles. The molecule has 0 aromatic heterocycles. The number of aryl methyl sites for hydroxylation is 2. The van der Waals surface area contributed by atoms with Gasteiger partial charge in [-0.05, 0) is 74.0 Å². The first kappa shape index (κ1) is 20.1. The van der Waals surface area contributed by atoms with Crippen molar-refractivity contribution >= 4 is 0 Å². The van der Waals surface area contributed by atoms with E-state index in [-0.39, 0.29) is 0 Å². The second-order valence-electron chi connectivity index (χ2n) is 8.04. The first-order valence-corrected chi connectivity index (χ1v) is 10.6. The van der Waals surface area contributed by atoms with E-state index in [1.165, 1.54) is 63.6 Å². The molecule has 25 heavy (non-hydrogen) atoms. The van der Waals surface area contributed by atoms with Crippen molar-refractivity contribution in [2.75, 3.05) is 13.1 Å². The molecule has 0 N–H and O–H groups in total. The summed E-state index contributed by atoms with van der Waals surface area (Å²) < 4.78 is 0. The topological polar surface area (TPSA) is 3.24 Å². The minimum atomic E-state index is 0.701. The zero-order chi connectivity index (χ0) is 18.2. The second-order valence-corrected chi connectivity index (χ2v) is 8.04. The first-order chi connectivity index (χ1) is 12.1. The summed E-state index contributed by atoms with van der Waals surface area (Å²) in [4.78, 5) is 2.65. The lowest BCUT2D eigenvalue weighted by atomic mass is 9.85. The number of hydrogen-bond donors (Lipinski definition) is 0. The Hall–Kier alpha value is -1.24. The van der Waals surface area contributed by atoms with Gasteiger partial charge in [-0.2, -0.15) is 0 Å². The molecule has 0 aliphatic carbocycles. The first-order valence-electron chi connectivity index (χ1n) is 10.6. The van der Waals surface area contributed by atoms with Gasteiger partial charge >= 0.3 is 0 Å². The van der Waals surface area contributed by atoms with Gasteiger partial charge in [-0.25, -0.2) is 0 Å². The van der Waals surface area contributed by atoms with Gasteiger partial charge in [0.1, 0.15) is 0 Å². The van der Waals surface area contributed by atoms with E-state index in [0.29, 0.717) is 5.92 Å². The van der Waals surface area contributed by atoms with E-state index in [9.17, 15) is 0 Å². The number of allylic oxidation sites excluding steroid dienone is 2. The van der Waals surface area contributed by atoms with Gasteiger partial charge < -0.3 is 4.90 Å².